The SMILES string of the molecule is CCc1ccc(Oc2nc3cc(Cl)ccc3s2)cc1C1=C(O)[C@@H]2CC[C@@H](C2)C1=O. The van der Waals surface area contributed by atoms with Crippen LogP contribution < -0.4 is 4.74 Å². The van der Waals surface area contributed by atoms with Crippen LogP contribution in [0.3, 0.4) is 0 Å². The van der Waals surface area contributed by atoms with Crippen LogP contribution in [0, 0.1) is 11.8 Å². The number of aryl methyl sites for hydroxylation is 1. The van der Waals surface area contributed by atoms with Gasteiger partial charge >= 0.3 is 0 Å². The number of benzene rings is 2. The van der Waals surface area contributed by atoms with Crippen LogP contribution in [0.2, 0.25) is 5.02 Å². The van der Waals surface area contributed by atoms with E-state index in [0.29, 0.717) is 21.5 Å². The first kappa shape index (κ1) is 18.6. The number of thiazole rings is 1. The highest BCUT2D eigenvalue weighted by molar-refractivity contribution is 7.20. The summed E-state index contributed by atoms with van der Waals surface area (Å²) in [5.74, 6) is 1.07. The summed E-state index contributed by atoms with van der Waals surface area (Å²) in [6, 6.07) is 11.3. The van der Waals surface area contributed by atoms with Gasteiger partial charge < -0.3 is 9.84 Å². The van der Waals surface area contributed by atoms with Gasteiger partial charge in [0.05, 0.1) is 15.8 Å². The summed E-state index contributed by atoms with van der Waals surface area (Å²) in [7, 11) is 0. The zero-order chi connectivity index (χ0) is 20.1. The number of carbonyl (C=O) groups is 1. The summed E-state index contributed by atoms with van der Waals surface area (Å²) < 4.78 is 7.02. The first-order valence-electron chi connectivity index (χ1n) is 9.88. The highest BCUT2D eigenvalue weighted by Crippen LogP contribution is 2.46. The van der Waals surface area contributed by atoms with E-state index in [1.807, 2.05) is 36.4 Å². The first-order valence-corrected chi connectivity index (χ1v) is 11.1. The van der Waals surface area contributed by atoms with Gasteiger partial charge in [-0.05, 0) is 67.1 Å². The van der Waals surface area contributed by atoms with Crippen LogP contribution in [-0.2, 0) is 11.2 Å². The molecule has 6 heteroatoms. The van der Waals surface area contributed by atoms with E-state index in [9.17, 15) is 9.90 Å². The maximum Gasteiger partial charge on any atom is 0.279 e. The summed E-state index contributed by atoms with van der Waals surface area (Å²) >= 11 is 7.49. The maximum absolute atomic E-state index is 13.0. The molecule has 4 nitrogen and oxygen atoms in total. The van der Waals surface area contributed by atoms with Crippen molar-refractivity contribution in [1.82, 2.24) is 4.98 Å². The van der Waals surface area contributed by atoms with E-state index in [4.69, 9.17) is 16.3 Å². The molecule has 1 saturated carbocycles. The van der Waals surface area contributed by atoms with Crippen LogP contribution in [0.1, 0.15) is 37.3 Å². The minimum Gasteiger partial charge on any atom is -0.511 e. The number of hydrogen-bond donors (Lipinski definition) is 1. The van der Waals surface area contributed by atoms with E-state index in [2.05, 4.69) is 11.9 Å². The van der Waals surface area contributed by atoms with Crippen molar-refractivity contribution in [2.75, 3.05) is 0 Å². The number of nitrogens with zero attached hydrogens (tertiary/aromatic N) is 1. The van der Waals surface area contributed by atoms with Gasteiger partial charge in [-0.3, -0.25) is 4.79 Å². The highest BCUT2D eigenvalue weighted by Gasteiger charge is 2.41. The Morgan fingerprint density at radius 1 is 1.21 bits per heavy atom. The molecule has 2 bridgehead atoms. The lowest BCUT2D eigenvalue weighted by atomic mass is 9.81. The monoisotopic (exact) mass is 425 g/mol. The molecular weight excluding hydrogens is 406 g/mol. The van der Waals surface area contributed by atoms with Crippen LogP contribution in [0.15, 0.2) is 42.2 Å². The van der Waals surface area contributed by atoms with Gasteiger partial charge in [-0.2, -0.15) is 0 Å². The standard InChI is InChI=1S/C23H20ClNO3S/c1-2-12-5-7-16(28-23-25-18-10-15(24)6-8-19(18)29-23)11-17(12)20-21(26)13-3-4-14(9-13)22(20)27/h5-8,10-11,13-14,26H,2-4,9H2,1H3/t13-,14+/m1/s1. The van der Waals surface area contributed by atoms with Gasteiger partial charge in [0.25, 0.3) is 5.19 Å². The number of carbonyl (C=O) groups excluding carboxylic acids is 1. The number of fused-ring (bicyclic) bond motifs is 3. The van der Waals surface area contributed by atoms with Crippen LogP contribution in [0.25, 0.3) is 15.8 Å². The zero-order valence-corrected chi connectivity index (χ0v) is 17.5. The van der Waals surface area contributed by atoms with Crippen molar-refractivity contribution < 1.29 is 14.6 Å². The number of halogens is 1. The molecule has 29 heavy (non-hydrogen) atoms. The van der Waals surface area contributed by atoms with Gasteiger partial charge in [-0.1, -0.05) is 35.9 Å². The Labute approximate surface area is 177 Å². The van der Waals surface area contributed by atoms with E-state index in [1.54, 1.807) is 0 Å². The Kier molecular flexibility index (Phi) is 4.60. The van der Waals surface area contributed by atoms with Gasteiger partial charge in [0.15, 0.2) is 5.78 Å². The molecule has 0 spiro atoms. The molecule has 1 N–H and O–H groups in total. The fourth-order valence-corrected chi connectivity index (χ4v) is 5.44. The summed E-state index contributed by atoms with van der Waals surface area (Å²) in [5, 5.41) is 12.0. The third-order valence-electron chi connectivity index (χ3n) is 5.96. The molecule has 1 fully saturated rings. The number of ketones is 1. The third-order valence-corrected chi connectivity index (χ3v) is 7.11. The van der Waals surface area contributed by atoms with E-state index >= 15 is 0 Å². The molecule has 1 aromatic heterocycles. The third kappa shape index (κ3) is 3.22. The number of aliphatic hydroxyl groups excluding tert-OH is 1. The predicted octanol–water partition coefficient (Wildman–Crippen LogP) is 6.57. The lowest BCUT2D eigenvalue weighted by Crippen LogP contribution is -2.21. The summed E-state index contributed by atoms with van der Waals surface area (Å²) in [4.78, 5) is 17.5. The van der Waals surface area contributed by atoms with Gasteiger partial charge in [0.2, 0.25) is 0 Å². The number of Topliss-reactive ketones (excluding diaryl/α,β-unsaturated/α-hetero) is 1. The molecular formula is C23H20ClNO3S. The quantitative estimate of drug-likeness (QED) is 0.513. The van der Waals surface area contributed by atoms with Crippen molar-refractivity contribution >= 4 is 44.5 Å². The van der Waals surface area contributed by atoms with Gasteiger partial charge in [0.1, 0.15) is 11.5 Å². The number of hydrogen-bond acceptors (Lipinski definition) is 5. The largest absolute Gasteiger partial charge is 0.511 e. The molecule has 2 atom stereocenters. The van der Waals surface area contributed by atoms with Crippen molar-refractivity contribution in [2.45, 2.75) is 32.6 Å². The van der Waals surface area contributed by atoms with Crippen LogP contribution >= 0.6 is 22.9 Å². The number of allylic oxidation sites excluding steroid dienone is 2. The minimum absolute atomic E-state index is 0.0363. The van der Waals surface area contributed by atoms with Crippen molar-refractivity contribution in [3.05, 3.63) is 58.3 Å². The molecule has 1 heterocycles. The predicted molar refractivity (Wildman–Crippen MR) is 116 cm³/mol. The fraction of sp³-hybridized carbons (Fsp3) is 0.304. The Bertz CT molecular complexity index is 1170. The number of aromatic nitrogens is 1. The second-order valence-electron chi connectivity index (χ2n) is 7.70. The highest BCUT2D eigenvalue weighted by atomic mass is 35.5. The van der Waals surface area contributed by atoms with Gasteiger partial charge in [0, 0.05) is 16.9 Å². The molecule has 5 rings (SSSR count). The Morgan fingerprint density at radius 3 is 2.86 bits per heavy atom. The lowest BCUT2D eigenvalue weighted by Gasteiger charge is -2.23. The van der Waals surface area contributed by atoms with Gasteiger partial charge in [-0.25, -0.2) is 4.98 Å². The summed E-state index contributed by atoms with van der Waals surface area (Å²) in [5.41, 5.74) is 3.10. The molecule has 2 aromatic carbocycles. The molecule has 0 amide bonds. The number of rotatable bonds is 4. The normalized spacial score (nSPS) is 21.2. The number of aliphatic hydroxyl groups is 1. The van der Waals surface area contributed by atoms with Crippen LogP contribution in [-0.4, -0.2) is 15.9 Å². The molecule has 2 aliphatic rings. The minimum atomic E-state index is 0.0363. The van der Waals surface area contributed by atoms with E-state index < -0.39 is 0 Å². The second-order valence-corrected chi connectivity index (χ2v) is 9.13. The van der Waals surface area contributed by atoms with Crippen LogP contribution in [0.5, 0.6) is 10.9 Å². The molecule has 0 saturated heterocycles. The maximum atomic E-state index is 13.0. The fourth-order valence-electron chi connectivity index (χ4n) is 4.46. The molecule has 2 aliphatic carbocycles. The topological polar surface area (TPSA) is 59.4 Å². The second kappa shape index (κ2) is 7.15. The van der Waals surface area contributed by atoms with E-state index in [0.717, 1.165) is 47.0 Å². The summed E-state index contributed by atoms with van der Waals surface area (Å²) in [6.45, 7) is 2.05. The average Bonchev–Trinajstić information content (AvgIpc) is 3.32. The Morgan fingerprint density at radius 2 is 2.03 bits per heavy atom. The molecule has 0 unspecified atom stereocenters. The van der Waals surface area contributed by atoms with Gasteiger partial charge in [-0.15, -0.1) is 0 Å². The number of ether oxygens (including phenoxy) is 1. The Balaban J connectivity index is 1.54. The Hall–Kier alpha value is -2.37. The van der Waals surface area contributed by atoms with Crippen molar-refractivity contribution in [3.63, 3.8) is 0 Å². The van der Waals surface area contributed by atoms with Crippen molar-refractivity contribution in [2.24, 2.45) is 11.8 Å². The zero-order valence-electron chi connectivity index (χ0n) is 15.9. The molecule has 0 aliphatic heterocycles. The average molecular weight is 426 g/mol. The van der Waals surface area contributed by atoms with E-state index in [-0.39, 0.29) is 23.4 Å². The van der Waals surface area contributed by atoms with E-state index in [1.165, 1.54) is 11.3 Å². The molecule has 3 aromatic rings. The first-order chi connectivity index (χ1) is 14.0. The molecule has 0 radical (unpaired) electrons. The van der Waals surface area contributed by atoms with Crippen molar-refractivity contribution in [1.29, 1.82) is 0 Å². The lowest BCUT2D eigenvalue weighted by molar-refractivity contribution is -0.117. The summed E-state index contributed by atoms with van der Waals surface area (Å²) in [6.07, 6.45) is 3.30. The van der Waals surface area contributed by atoms with Crippen molar-refractivity contribution in [3.8, 4) is 10.9 Å². The smallest absolute Gasteiger partial charge is 0.279 e. The molecule has 148 valence electrons. The van der Waals surface area contributed by atoms with Crippen LogP contribution in [0.4, 0.5) is 0 Å².